The number of fused-ring (bicyclic) bond motifs is 4. The van der Waals surface area contributed by atoms with Crippen molar-refractivity contribution in [2.24, 2.45) is 29.4 Å². The van der Waals surface area contributed by atoms with Gasteiger partial charge in [-0.05, 0) is 61.9 Å². The first-order chi connectivity index (χ1) is 19.3. The Morgan fingerprint density at radius 3 is 2.51 bits per heavy atom. The fourth-order valence-electron chi connectivity index (χ4n) is 7.73. The number of phenols is 1. The van der Waals surface area contributed by atoms with Crippen molar-refractivity contribution in [3.8, 4) is 5.75 Å². The maximum absolute atomic E-state index is 14.0. The summed E-state index contributed by atoms with van der Waals surface area (Å²) in [4.78, 5) is 70.2. The van der Waals surface area contributed by atoms with Gasteiger partial charge in [0, 0.05) is 30.9 Å². The lowest BCUT2D eigenvalue weighted by Crippen LogP contribution is -2.74. The summed E-state index contributed by atoms with van der Waals surface area (Å²) in [6.45, 7) is 1.86. The van der Waals surface area contributed by atoms with Crippen molar-refractivity contribution in [3.63, 3.8) is 0 Å². The third-order valence-corrected chi connectivity index (χ3v) is 9.58. The van der Waals surface area contributed by atoms with E-state index in [2.05, 4.69) is 4.90 Å². The second-order valence-corrected chi connectivity index (χ2v) is 12.3. The van der Waals surface area contributed by atoms with Gasteiger partial charge in [0.25, 0.3) is 0 Å². The van der Waals surface area contributed by atoms with Gasteiger partial charge in [-0.2, -0.15) is 0 Å². The molecule has 0 radical (unpaired) electrons. The van der Waals surface area contributed by atoms with E-state index >= 15 is 0 Å². The molecule has 1 aliphatic heterocycles. The van der Waals surface area contributed by atoms with Crippen LogP contribution in [0.2, 0.25) is 0 Å². The van der Waals surface area contributed by atoms with Crippen LogP contribution in [0.5, 0.6) is 5.75 Å². The molecule has 7 atom stereocenters. The Labute approximate surface area is 235 Å². The molecule has 2 aromatic rings. The van der Waals surface area contributed by atoms with Crippen molar-refractivity contribution in [3.05, 3.63) is 41.0 Å². The maximum Gasteiger partial charge on any atom is 0.235 e. The average Bonchev–Trinajstić information content (AvgIpc) is 3.30. The molecule has 41 heavy (non-hydrogen) atoms. The Bertz CT molecular complexity index is 1540. The SMILES string of the molecule is CN(C)[C@@H]1C(=O)C(C(N)=O)C(=O)[C@@]2(O)C(=O)C3C(=O)c4c(cc5ccc(CN6CC[C@H](O)C6)cc5c4O)C[C@H]3C[C@@H]12. The molecular weight excluding hydrogens is 530 g/mol. The summed E-state index contributed by atoms with van der Waals surface area (Å²) < 4.78 is 0. The highest BCUT2D eigenvalue weighted by molar-refractivity contribution is 6.32. The molecule has 1 heterocycles. The highest BCUT2D eigenvalue weighted by Crippen LogP contribution is 2.51. The topological polar surface area (TPSA) is 179 Å². The van der Waals surface area contributed by atoms with E-state index < -0.39 is 64.4 Å². The minimum atomic E-state index is -2.74. The van der Waals surface area contributed by atoms with Crippen LogP contribution >= 0.6 is 0 Å². The van der Waals surface area contributed by atoms with Crippen LogP contribution in [0.1, 0.15) is 34.3 Å². The molecule has 2 aromatic carbocycles. The monoisotopic (exact) mass is 563 g/mol. The third kappa shape index (κ3) is 3.98. The van der Waals surface area contributed by atoms with Crippen molar-refractivity contribution < 1.29 is 39.3 Å². The maximum atomic E-state index is 14.0. The number of aliphatic hydroxyl groups is 2. The van der Waals surface area contributed by atoms with Crippen LogP contribution in [0.4, 0.5) is 0 Å². The number of ketones is 4. The number of hydrogen-bond acceptors (Lipinski definition) is 10. The fraction of sp³-hybridized carbons (Fsp3) is 0.500. The van der Waals surface area contributed by atoms with Gasteiger partial charge in [-0.1, -0.05) is 18.2 Å². The molecule has 11 heteroatoms. The molecule has 1 amide bonds. The van der Waals surface area contributed by atoms with Crippen molar-refractivity contribution in [1.29, 1.82) is 0 Å². The largest absolute Gasteiger partial charge is 0.507 e. The molecule has 0 bridgehead atoms. The predicted molar refractivity (Wildman–Crippen MR) is 145 cm³/mol. The Morgan fingerprint density at radius 2 is 1.88 bits per heavy atom. The number of β-amino-alcohol motifs (C(OH)–C–C–N with tert-alkyl or cyclic N) is 1. The number of likely N-dealkylation sites (N-methyl/N-ethyl adjacent to an activating group) is 1. The molecule has 3 aliphatic carbocycles. The standard InChI is InChI=1S/C30H33N3O8/c1-32(2)23-19-10-16-9-15-8-14-4-3-13(11-33-6-5-17(34)12-33)7-18(14)24(35)20(15)25(36)21(16)27(38)30(19,41)28(39)22(26(23)37)29(31)40/h3-4,7-8,16-17,19,21-23,34-35,41H,5-6,9-12H2,1-2H3,(H2,31,40)/t16-,17-,19-,21?,22?,23-,30-/m0/s1. The number of nitrogens with two attached hydrogens (primary N) is 1. The van der Waals surface area contributed by atoms with E-state index in [0.717, 1.165) is 17.5 Å². The van der Waals surface area contributed by atoms with E-state index in [4.69, 9.17) is 5.73 Å². The summed E-state index contributed by atoms with van der Waals surface area (Å²) in [6.07, 6.45) is 0.562. The van der Waals surface area contributed by atoms with E-state index in [1.54, 1.807) is 20.2 Å². The first kappa shape index (κ1) is 27.6. The number of rotatable bonds is 4. The van der Waals surface area contributed by atoms with Gasteiger partial charge in [0.1, 0.15) is 5.75 Å². The molecule has 0 aromatic heterocycles. The first-order valence-corrected chi connectivity index (χ1v) is 13.9. The summed E-state index contributed by atoms with van der Waals surface area (Å²) in [5, 5.41) is 34.1. The Balaban J connectivity index is 1.41. The molecule has 0 spiro atoms. The Morgan fingerprint density at radius 1 is 1.15 bits per heavy atom. The van der Waals surface area contributed by atoms with E-state index in [1.165, 1.54) is 4.90 Å². The van der Waals surface area contributed by atoms with Crippen LogP contribution in [0, 0.1) is 23.7 Å². The molecule has 11 nitrogen and oxygen atoms in total. The summed E-state index contributed by atoms with van der Waals surface area (Å²) in [6, 6.07) is 6.28. The number of likely N-dealkylation sites (tertiary alicyclic amines) is 1. The lowest BCUT2D eigenvalue weighted by Gasteiger charge is -2.52. The van der Waals surface area contributed by atoms with Gasteiger partial charge in [0.05, 0.1) is 23.6 Å². The minimum absolute atomic E-state index is 0.0159. The van der Waals surface area contributed by atoms with Crippen molar-refractivity contribution in [2.75, 3.05) is 27.2 Å². The van der Waals surface area contributed by atoms with Crippen LogP contribution < -0.4 is 5.73 Å². The zero-order chi connectivity index (χ0) is 29.5. The second kappa shape index (κ2) is 9.52. The molecule has 5 N–H and O–H groups in total. The number of amides is 1. The van der Waals surface area contributed by atoms with Gasteiger partial charge in [-0.25, -0.2) is 0 Å². The van der Waals surface area contributed by atoms with E-state index in [1.807, 2.05) is 18.2 Å². The predicted octanol–water partition coefficient (Wildman–Crippen LogP) is -0.413. The molecule has 6 rings (SSSR count). The number of carbonyl (C=O) groups excluding carboxylic acids is 5. The molecular formula is C30H33N3O8. The molecule has 216 valence electrons. The number of Topliss-reactive ketones (excluding diaryl/α,β-unsaturated/α-hetero) is 4. The molecule has 2 saturated carbocycles. The highest BCUT2D eigenvalue weighted by Gasteiger charge is 2.69. The van der Waals surface area contributed by atoms with Crippen LogP contribution in [0.25, 0.3) is 10.8 Å². The zero-order valence-corrected chi connectivity index (χ0v) is 22.9. The normalized spacial score (nSPS) is 33.7. The van der Waals surface area contributed by atoms with Crippen molar-refractivity contribution in [2.45, 2.75) is 43.6 Å². The number of aromatic hydroxyl groups is 1. The fourth-order valence-corrected chi connectivity index (χ4v) is 7.73. The molecule has 1 saturated heterocycles. The number of carbonyl (C=O) groups is 5. The highest BCUT2D eigenvalue weighted by atomic mass is 16.3. The number of nitrogens with zero attached hydrogens (tertiary/aromatic N) is 2. The first-order valence-electron chi connectivity index (χ1n) is 13.9. The smallest absolute Gasteiger partial charge is 0.235 e. The van der Waals surface area contributed by atoms with Crippen LogP contribution in [-0.4, -0.2) is 99.1 Å². The van der Waals surface area contributed by atoms with E-state index in [0.29, 0.717) is 30.5 Å². The van der Waals surface area contributed by atoms with Gasteiger partial charge >= 0.3 is 0 Å². The molecule has 2 unspecified atom stereocenters. The third-order valence-electron chi connectivity index (χ3n) is 9.58. The number of benzene rings is 2. The minimum Gasteiger partial charge on any atom is -0.507 e. The summed E-state index contributed by atoms with van der Waals surface area (Å²) in [5.41, 5.74) is 4.05. The lowest BCUT2D eigenvalue weighted by molar-refractivity contribution is -0.181. The quantitative estimate of drug-likeness (QED) is 0.357. The average molecular weight is 564 g/mol. The number of primary amides is 1. The summed E-state index contributed by atoms with van der Waals surface area (Å²) in [5.74, 6) is -10.5. The van der Waals surface area contributed by atoms with Crippen molar-refractivity contribution >= 4 is 39.8 Å². The van der Waals surface area contributed by atoms with Crippen molar-refractivity contribution in [1.82, 2.24) is 9.80 Å². The Hall–Kier alpha value is -3.51. The molecule has 4 aliphatic rings. The lowest BCUT2D eigenvalue weighted by atomic mass is 9.52. The van der Waals surface area contributed by atoms with Crippen LogP contribution in [0.3, 0.4) is 0 Å². The second-order valence-electron chi connectivity index (χ2n) is 12.3. The number of aliphatic hydroxyl groups excluding tert-OH is 1. The van der Waals surface area contributed by atoms with Gasteiger partial charge in [-0.3, -0.25) is 33.8 Å². The van der Waals surface area contributed by atoms with E-state index in [9.17, 15) is 39.3 Å². The van der Waals surface area contributed by atoms with E-state index in [-0.39, 0.29) is 30.3 Å². The number of hydrogen-bond donors (Lipinski definition) is 4. The van der Waals surface area contributed by atoms with Gasteiger partial charge < -0.3 is 21.1 Å². The van der Waals surface area contributed by atoms with Crippen LogP contribution in [0.15, 0.2) is 24.3 Å². The Kier molecular flexibility index (Phi) is 6.42. The summed E-state index contributed by atoms with van der Waals surface area (Å²) >= 11 is 0. The zero-order valence-electron chi connectivity index (χ0n) is 22.9. The van der Waals surface area contributed by atoms with Gasteiger partial charge in [0.15, 0.2) is 34.7 Å². The van der Waals surface area contributed by atoms with Crippen LogP contribution in [-0.2, 0) is 32.1 Å². The molecule has 3 fully saturated rings. The number of phenolic OH excluding ortho intramolecular Hbond substituents is 1. The van der Waals surface area contributed by atoms with Gasteiger partial charge in [0.2, 0.25) is 5.91 Å². The summed E-state index contributed by atoms with van der Waals surface area (Å²) in [7, 11) is 3.11. The van der Waals surface area contributed by atoms with Gasteiger partial charge in [-0.15, -0.1) is 0 Å².